The third-order valence-corrected chi connectivity index (χ3v) is 3.73. The second-order valence-corrected chi connectivity index (χ2v) is 5.30. The minimum atomic E-state index is -1.12. The molecule has 0 unspecified atom stereocenters. The molecule has 0 rings (SSSR count). The van der Waals surface area contributed by atoms with E-state index in [0.717, 1.165) is 0 Å². The molecule has 0 saturated heterocycles. The van der Waals surface area contributed by atoms with Crippen LogP contribution in [0.1, 0.15) is 13.8 Å². The maximum Gasteiger partial charge on any atom is 0.254 e. The van der Waals surface area contributed by atoms with Gasteiger partial charge in [-0.2, -0.15) is 0 Å². The summed E-state index contributed by atoms with van der Waals surface area (Å²) in [6.07, 6.45) is 0. The zero-order valence-corrected chi connectivity index (χ0v) is 13.3. The van der Waals surface area contributed by atoms with Gasteiger partial charge in [0.15, 0.2) is 0 Å². The Labute approximate surface area is 120 Å². The van der Waals surface area contributed by atoms with Crippen LogP contribution >= 0.6 is 0 Å². The minimum Gasteiger partial charge on any atom is -0.356 e. The number of carbonyl (C=O) groups is 2. The van der Waals surface area contributed by atoms with Crippen molar-refractivity contribution in [1.82, 2.24) is 20.4 Å². The molecular weight excluding hydrogens is 260 g/mol. The molecule has 8 heteroatoms. The van der Waals surface area contributed by atoms with E-state index in [9.17, 15) is 9.59 Å². The van der Waals surface area contributed by atoms with Gasteiger partial charge in [-0.05, 0) is 27.9 Å². The maximum atomic E-state index is 11.7. The van der Waals surface area contributed by atoms with Crippen molar-refractivity contribution >= 4 is 11.8 Å². The Kier molecular flexibility index (Phi) is 6.55. The summed E-state index contributed by atoms with van der Waals surface area (Å²) in [4.78, 5) is 26.8. The van der Waals surface area contributed by atoms with Crippen LogP contribution in [-0.2, 0) is 9.59 Å². The van der Waals surface area contributed by atoms with E-state index in [2.05, 4.69) is 10.6 Å². The fourth-order valence-electron chi connectivity index (χ4n) is 1.62. The summed E-state index contributed by atoms with van der Waals surface area (Å²) < 4.78 is 0. The Hall–Kier alpha value is -1.22. The van der Waals surface area contributed by atoms with Crippen LogP contribution in [0, 0.1) is 0 Å². The third-order valence-electron chi connectivity index (χ3n) is 3.73. The number of nitrogens with zero attached hydrogens (tertiary/aromatic N) is 2. The summed E-state index contributed by atoms with van der Waals surface area (Å²) in [7, 11) is 6.57. The van der Waals surface area contributed by atoms with Crippen LogP contribution in [0.25, 0.3) is 0 Å². The van der Waals surface area contributed by atoms with Gasteiger partial charge in [0.25, 0.3) is 11.8 Å². The van der Waals surface area contributed by atoms with Gasteiger partial charge in [0.1, 0.15) is 11.3 Å². The van der Waals surface area contributed by atoms with Crippen LogP contribution in [-0.4, -0.2) is 74.2 Å². The van der Waals surface area contributed by atoms with Crippen LogP contribution in [0.5, 0.6) is 0 Å². The van der Waals surface area contributed by atoms with Gasteiger partial charge in [-0.15, -0.1) is 0 Å². The molecule has 0 aromatic carbocycles. The van der Waals surface area contributed by atoms with Gasteiger partial charge < -0.3 is 22.1 Å². The van der Waals surface area contributed by atoms with E-state index < -0.39 is 11.3 Å². The third kappa shape index (κ3) is 4.14. The monoisotopic (exact) mass is 288 g/mol. The SMILES string of the molecule is CNC(=O)[C@](C)(N)N(C)CCN(C)[C@@](C)(N)C(=O)NC. The standard InChI is InChI=1S/C12H28N6O2/c1-11(13,9(19)15-3)17(5)7-8-18(6)12(2,14)10(20)16-4/h7-8,13-14H2,1-6H3,(H,15,19)(H,16,20)/t11-,12-/m1/s1. The number of nitrogens with two attached hydrogens (primary N) is 2. The van der Waals surface area contributed by atoms with E-state index in [4.69, 9.17) is 11.5 Å². The number of hydrogen-bond acceptors (Lipinski definition) is 6. The Bertz CT molecular complexity index is 322. The lowest BCUT2D eigenvalue weighted by Crippen LogP contribution is -2.65. The predicted octanol–water partition coefficient (Wildman–Crippen LogP) is -2.31. The Morgan fingerprint density at radius 1 is 0.900 bits per heavy atom. The summed E-state index contributed by atoms with van der Waals surface area (Å²) in [6, 6.07) is 0. The predicted molar refractivity (Wildman–Crippen MR) is 78.6 cm³/mol. The van der Waals surface area contributed by atoms with Crippen molar-refractivity contribution < 1.29 is 9.59 Å². The molecule has 0 fully saturated rings. The van der Waals surface area contributed by atoms with Gasteiger partial charge in [-0.25, -0.2) is 0 Å². The van der Waals surface area contributed by atoms with Crippen LogP contribution in [0.3, 0.4) is 0 Å². The average Bonchev–Trinajstić information content (AvgIpc) is 2.41. The molecule has 20 heavy (non-hydrogen) atoms. The number of likely N-dealkylation sites (N-methyl/N-ethyl adjacent to an activating group) is 4. The van der Waals surface area contributed by atoms with E-state index in [-0.39, 0.29) is 11.8 Å². The van der Waals surface area contributed by atoms with Gasteiger partial charge >= 0.3 is 0 Å². The number of rotatable bonds is 7. The molecule has 6 N–H and O–H groups in total. The molecule has 118 valence electrons. The highest BCUT2D eigenvalue weighted by molar-refractivity contribution is 5.85. The highest BCUT2D eigenvalue weighted by atomic mass is 16.2. The summed E-state index contributed by atoms with van der Waals surface area (Å²) in [6.45, 7) is 4.24. The molecule has 0 aromatic rings. The molecule has 2 atom stereocenters. The minimum absolute atomic E-state index is 0.274. The van der Waals surface area contributed by atoms with E-state index >= 15 is 0 Å². The Balaban J connectivity index is 4.63. The van der Waals surface area contributed by atoms with Crippen molar-refractivity contribution in [3.63, 3.8) is 0 Å². The average molecular weight is 288 g/mol. The van der Waals surface area contributed by atoms with Crippen molar-refractivity contribution in [2.45, 2.75) is 25.2 Å². The van der Waals surface area contributed by atoms with Crippen molar-refractivity contribution in [3.05, 3.63) is 0 Å². The van der Waals surface area contributed by atoms with Crippen LogP contribution in [0.2, 0.25) is 0 Å². The van der Waals surface area contributed by atoms with Crippen LogP contribution < -0.4 is 22.1 Å². The normalized spacial score (nSPS) is 17.5. The molecule has 0 heterocycles. The summed E-state index contributed by atoms with van der Waals surface area (Å²) >= 11 is 0. The first-order chi connectivity index (χ1) is 9.01. The van der Waals surface area contributed by atoms with Crippen LogP contribution in [0.4, 0.5) is 0 Å². The molecule has 8 nitrogen and oxygen atoms in total. The smallest absolute Gasteiger partial charge is 0.254 e. The molecule has 0 radical (unpaired) electrons. The second kappa shape index (κ2) is 6.98. The molecule has 0 aliphatic carbocycles. The first-order valence-corrected chi connectivity index (χ1v) is 6.46. The fraction of sp³-hybridized carbons (Fsp3) is 0.833. The van der Waals surface area contributed by atoms with Gasteiger partial charge in [0.2, 0.25) is 0 Å². The van der Waals surface area contributed by atoms with E-state index in [1.54, 1.807) is 37.7 Å². The summed E-state index contributed by atoms with van der Waals surface area (Å²) in [5, 5.41) is 5.05. The summed E-state index contributed by atoms with van der Waals surface area (Å²) in [5.74, 6) is -0.547. The quantitative estimate of drug-likeness (QED) is 0.391. The highest BCUT2D eigenvalue weighted by Crippen LogP contribution is 2.09. The molecule has 0 saturated carbocycles. The largest absolute Gasteiger partial charge is 0.356 e. The number of carbonyl (C=O) groups excluding carboxylic acids is 2. The molecule has 0 bridgehead atoms. The lowest BCUT2D eigenvalue weighted by Gasteiger charge is -2.37. The zero-order chi connectivity index (χ0) is 16.1. The highest BCUT2D eigenvalue weighted by Gasteiger charge is 2.35. The molecule has 0 aliphatic rings. The number of amides is 2. The van der Waals surface area contributed by atoms with Crippen molar-refractivity contribution in [2.75, 3.05) is 41.3 Å². The topological polar surface area (TPSA) is 117 Å². The van der Waals surface area contributed by atoms with Gasteiger partial charge in [0, 0.05) is 27.2 Å². The molecular formula is C12H28N6O2. The lowest BCUT2D eigenvalue weighted by molar-refractivity contribution is -0.133. The number of hydrogen-bond donors (Lipinski definition) is 4. The van der Waals surface area contributed by atoms with Crippen molar-refractivity contribution in [2.24, 2.45) is 11.5 Å². The van der Waals surface area contributed by atoms with Gasteiger partial charge in [0.05, 0.1) is 0 Å². The van der Waals surface area contributed by atoms with Crippen LogP contribution in [0.15, 0.2) is 0 Å². The van der Waals surface area contributed by atoms with Crippen molar-refractivity contribution in [1.29, 1.82) is 0 Å². The van der Waals surface area contributed by atoms with E-state index in [1.807, 2.05) is 0 Å². The van der Waals surface area contributed by atoms with E-state index in [1.165, 1.54) is 14.1 Å². The molecule has 0 spiro atoms. The van der Waals surface area contributed by atoms with Crippen molar-refractivity contribution in [3.8, 4) is 0 Å². The van der Waals surface area contributed by atoms with E-state index in [0.29, 0.717) is 13.1 Å². The Morgan fingerprint density at radius 2 is 1.15 bits per heavy atom. The maximum absolute atomic E-state index is 11.7. The lowest BCUT2D eigenvalue weighted by atomic mass is 10.1. The van der Waals surface area contributed by atoms with Gasteiger partial charge in [-0.3, -0.25) is 19.4 Å². The number of nitrogens with one attached hydrogen (secondary N) is 2. The first-order valence-electron chi connectivity index (χ1n) is 6.46. The fourth-order valence-corrected chi connectivity index (χ4v) is 1.62. The molecule has 0 aromatic heterocycles. The van der Waals surface area contributed by atoms with Gasteiger partial charge in [-0.1, -0.05) is 0 Å². The second-order valence-electron chi connectivity index (χ2n) is 5.30. The summed E-state index contributed by atoms with van der Waals surface area (Å²) in [5.41, 5.74) is 9.73. The molecule has 2 amide bonds. The molecule has 0 aliphatic heterocycles. The first kappa shape index (κ1) is 18.8. The Morgan fingerprint density at radius 3 is 1.35 bits per heavy atom. The zero-order valence-electron chi connectivity index (χ0n) is 13.3.